The molecule has 8 heteroatoms. The lowest BCUT2D eigenvalue weighted by Crippen LogP contribution is -2.50. The van der Waals surface area contributed by atoms with E-state index in [0.717, 1.165) is 35.1 Å². The van der Waals surface area contributed by atoms with Gasteiger partial charge in [0, 0.05) is 43.4 Å². The molecule has 2 unspecified atom stereocenters. The minimum absolute atomic E-state index is 0.171. The Morgan fingerprint density at radius 3 is 2.38 bits per heavy atom. The number of aromatic nitrogens is 2. The number of cyclic esters (lactones) is 1. The van der Waals surface area contributed by atoms with Gasteiger partial charge in [0.2, 0.25) is 5.82 Å². The van der Waals surface area contributed by atoms with Gasteiger partial charge in [0.25, 0.3) is 5.91 Å². The topological polar surface area (TPSA) is 108 Å². The Labute approximate surface area is 229 Å². The Kier molecular flexibility index (Phi) is 7.09. The molecule has 2 atom stereocenters. The van der Waals surface area contributed by atoms with Crippen molar-refractivity contribution >= 4 is 12.0 Å². The van der Waals surface area contributed by atoms with Crippen molar-refractivity contribution in [2.75, 3.05) is 6.54 Å². The van der Waals surface area contributed by atoms with E-state index in [2.05, 4.69) is 21.4 Å². The summed E-state index contributed by atoms with van der Waals surface area (Å²) in [5.41, 5.74) is 2.12. The van der Waals surface area contributed by atoms with Crippen LogP contribution in [0.3, 0.4) is 0 Å². The fraction of sp³-hybridized carbons (Fsp3) is 0.387. The van der Waals surface area contributed by atoms with Crippen LogP contribution in [0.2, 0.25) is 0 Å². The third-order valence-electron chi connectivity index (χ3n) is 7.57. The van der Waals surface area contributed by atoms with Gasteiger partial charge in [-0.2, -0.15) is 5.26 Å². The largest absolute Gasteiger partial charge is 0.438 e. The van der Waals surface area contributed by atoms with Crippen LogP contribution in [0, 0.1) is 16.7 Å². The first-order chi connectivity index (χ1) is 18.7. The first-order valence-electron chi connectivity index (χ1n) is 13.4. The maximum atomic E-state index is 13.4. The van der Waals surface area contributed by atoms with Crippen molar-refractivity contribution in [2.45, 2.75) is 64.1 Å². The van der Waals surface area contributed by atoms with Gasteiger partial charge in [-0.05, 0) is 50.3 Å². The number of nitrogens with one attached hydrogen (secondary N) is 1. The van der Waals surface area contributed by atoms with Crippen LogP contribution >= 0.6 is 0 Å². The average Bonchev–Trinajstić information content (AvgIpc) is 3.77. The van der Waals surface area contributed by atoms with Crippen LogP contribution in [0.25, 0.3) is 11.1 Å². The molecule has 1 aromatic heterocycles. The second kappa shape index (κ2) is 10.5. The number of ether oxygens (including phenoxy) is 1. The smallest absolute Gasteiger partial charge is 0.411 e. The molecular weight excluding hydrogens is 490 g/mol. The van der Waals surface area contributed by atoms with Gasteiger partial charge in [0.05, 0.1) is 17.5 Å². The highest BCUT2D eigenvalue weighted by molar-refractivity contribution is 5.91. The highest BCUT2D eigenvalue weighted by Gasteiger charge is 2.46. The maximum absolute atomic E-state index is 13.4. The Morgan fingerprint density at radius 2 is 1.79 bits per heavy atom. The monoisotopic (exact) mass is 523 g/mol. The number of hydrogen-bond acceptors (Lipinski definition) is 6. The van der Waals surface area contributed by atoms with Crippen molar-refractivity contribution in [3.05, 3.63) is 83.9 Å². The normalized spacial score (nSPS) is 20.1. The van der Waals surface area contributed by atoms with E-state index in [0.29, 0.717) is 19.4 Å². The molecule has 2 amide bonds. The maximum Gasteiger partial charge on any atom is 0.411 e. The fourth-order valence-electron chi connectivity index (χ4n) is 5.15. The van der Waals surface area contributed by atoms with Crippen molar-refractivity contribution in [2.24, 2.45) is 5.41 Å². The Morgan fingerprint density at radius 1 is 1.13 bits per heavy atom. The van der Waals surface area contributed by atoms with Crippen molar-refractivity contribution < 1.29 is 14.3 Å². The molecule has 1 saturated heterocycles. The van der Waals surface area contributed by atoms with E-state index in [1.165, 1.54) is 0 Å². The number of hydrogen-bond donors (Lipinski definition) is 1. The van der Waals surface area contributed by atoms with Gasteiger partial charge in [0.15, 0.2) is 0 Å². The molecule has 1 aliphatic carbocycles. The molecule has 2 heterocycles. The number of benzene rings is 2. The lowest BCUT2D eigenvalue weighted by atomic mass is 9.75. The molecule has 5 rings (SSSR count). The molecule has 2 aliphatic rings. The molecule has 200 valence electrons. The lowest BCUT2D eigenvalue weighted by Gasteiger charge is -2.45. The summed E-state index contributed by atoms with van der Waals surface area (Å²) >= 11 is 0. The quantitative estimate of drug-likeness (QED) is 0.401. The molecule has 8 nitrogen and oxygen atoms in total. The summed E-state index contributed by atoms with van der Waals surface area (Å²) in [6.07, 6.45) is 5.96. The third kappa shape index (κ3) is 5.78. The summed E-state index contributed by atoms with van der Waals surface area (Å²) in [6, 6.07) is 20.1. The Balaban J connectivity index is 1.28. The van der Waals surface area contributed by atoms with E-state index in [-0.39, 0.29) is 29.9 Å². The van der Waals surface area contributed by atoms with Crippen LogP contribution in [-0.2, 0) is 10.3 Å². The first kappa shape index (κ1) is 26.4. The molecule has 0 radical (unpaired) electrons. The van der Waals surface area contributed by atoms with Crippen LogP contribution in [0.15, 0.2) is 67.0 Å². The number of nitrogens with zero attached hydrogens (tertiary/aromatic N) is 4. The minimum Gasteiger partial charge on any atom is -0.438 e. The fourth-order valence-corrected chi connectivity index (χ4v) is 5.15. The second-order valence-corrected chi connectivity index (χ2v) is 11.2. The molecular formula is C31H33N5O3. The number of amides is 2. The van der Waals surface area contributed by atoms with Gasteiger partial charge in [0.1, 0.15) is 5.60 Å². The number of carbonyl (C=O) groups excluding carboxylic acids is 2. The Hall–Kier alpha value is -4.25. The molecule has 3 aromatic rings. The molecule has 1 aliphatic heterocycles. The van der Waals surface area contributed by atoms with E-state index < -0.39 is 11.0 Å². The standard InChI is InChI=1S/C31H33N5O3/c1-21(22-9-11-23(12-10-22)24-17-33-27(34-18-24)28(37)35-26-13-14-26)36-16-15-31(39-29(36)38,19-30(2,3)20-32)25-7-5-4-6-8-25/h4-12,17-18,21,26H,13-16,19H2,1-3H3,(H,35,37). The number of carbonyl (C=O) groups is 2. The van der Waals surface area contributed by atoms with E-state index >= 15 is 0 Å². The number of nitriles is 1. The summed E-state index contributed by atoms with van der Waals surface area (Å²) in [6.45, 7) is 6.25. The first-order valence-corrected chi connectivity index (χ1v) is 13.4. The van der Waals surface area contributed by atoms with Crippen LogP contribution in [0.4, 0.5) is 4.79 Å². The average molecular weight is 524 g/mol. The molecule has 1 saturated carbocycles. The zero-order valence-electron chi connectivity index (χ0n) is 22.6. The molecule has 0 spiro atoms. The van der Waals surface area contributed by atoms with Crippen LogP contribution in [0.5, 0.6) is 0 Å². The summed E-state index contributed by atoms with van der Waals surface area (Å²) in [5.74, 6) is -0.0710. The SMILES string of the molecule is CC(c1ccc(-c2cnc(C(=O)NC3CC3)nc2)cc1)N1CCC(CC(C)(C)C#N)(c2ccccc2)OC1=O. The zero-order chi connectivity index (χ0) is 27.6. The highest BCUT2D eigenvalue weighted by Crippen LogP contribution is 2.44. The molecule has 2 aromatic carbocycles. The van der Waals surface area contributed by atoms with E-state index in [4.69, 9.17) is 4.74 Å². The van der Waals surface area contributed by atoms with Gasteiger partial charge in [-0.15, -0.1) is 0 Å². The van der Waals surface area contributed by atoms with Crippen molar-refractivity contribution in [3.8, 4) is 17.2 Å². The van der Waals surface area contributed by atoms with E-state index in [1.807, 2.05) is 75.4 Å². The van der Waals surface area contributed by atoms with Crippen LogP contribution in [-0.4, -0.2) is 39.5 Å². The van der Waals surface area contributed by atoms with Crippen LogP contribution in [0.1, 0.15) is 74.2 Å². The van der Waals surface area contributed by atoms with Gasteiger partial charge < -0.3 is 15.0 Å². The van der Waals surface area contributed by atoms with E-state index in [1.54, 1.807) is 17.3 Å². The molecule has 39 heavy (non-hydrogen) atoms. The molecule has 1 N–H and O–H groups in total. The summed E-state index contributed by atoms with van der Waals surface area (Å²) in [4.78, 5) is 35.8. The lowest BCUT2D eigenvalue weighted by molar-refractivity contribution is -0.0770. The van der Waals surface area contributed by atoms with Crippen molar-refractivity contribution in [1.82, 2.24) is 20.2 Å². The summed E-state index contributed by atoms with van der Waals surface area (Å²) in [5, 5.41) is 12.6. The van der Waals surface area contributed by atoms with E-state index in [9.17, 15) is 14.9 Å². The zero-order valence-corrected chi connectivity index (χ0v) is 22.6. The Bertz CT molecular complexity index is 1380. The van der Waals surface area contributed by atoms with Crippen molar-refractivity contribution in [1.29, 1.82) is 5.26 Å². The summed E-state index contributed by atoms with van der Waals surface area (Å²) < 4.78 is 6.19. The summed E-state index contributed by atoms with van der Waals surface area (Å²) in [7, 11) is 0. The second-order valence-electron chi connectivity index (χ2n) is 11.2. The van der Waals surface area contributed by atoms with Gasteiger partial charge in [-0.1, -0.05) is 54.6 Å². The molecule has 2 fully saturated rings. The third-order valence-corrected chi connectivity index (χ3v) is 7.57. The van der Waals surface area contributed by atoms with Gasteiger partial charge >= 0.3 is 6.09 Å². The van der Waals surface area contributed by atoms with Crippen LogP contribution < -0.4 is 5.32 Å². The van der Waals surface area contributed by atoms with Crippen molar-refractivity contribution in [3.63, 3.8) is 0 Å². The van der Waals surface area contributed by atoms with Gasteiger partial charge in [-0.3, -0.25) is 4.79 Å². The highest BCUT2D eigenvalue weighted by atomic mass is 16.6. The minimum atomic E-state index is -0.848. The predicted octanol–water partition coefficient (Wildman–Crippen LogP) is 5.77. The number of rotatable bonds is 8. The predicted molar refractivity (Wildman–Crippen MR) is 146 cm³/mol. The molecule has 0 bridgehead atoms. The van der Waals surface area contributed by atoms with Gasteiger partial charge in [-0.25, -0.2) is 14.8 Å².